The molecule has 0 unspecified atom stereocenters. The van der Waals surface area contributed by atoms with Crippen LogP contribution < -0.4 is 11.5 Å². The highest BCUT2D eigenvalue weighted by atomic mass is 16.3. The van der Waals surface area contributed by atoms with Gasteiger partial charge in [0.15, 0.2) is 11.6 Å². The first-order valence-corrected chi connectivity index (χ1v) is 8.44. The van der Waals surface area contributed by atoms with Gasteiger partial charge in [-0.3, -0.25) is 4.98 Å². The van der Waals surface area contributed by atoms with E-state index < -0.39 is 0 Å². The zero-order chi connectivity index (χ0) is 20.1. The summed E-state index contributed by atoms with van der Waals surface area (Å²) >= 11 is 0. The minimum absolute atomic E-state index is 0.0634. The van der Waals surface area contributed by atoms with Crippen molar-refractivity contribution in [1.82, 2.24) is 19.9 Å². The van der Waals surface area contributed by atoms with Crippen molar-refractivity contribution in [2.45, 2.75) is 0 Å². The molecule has 0 saturated carbocycles. The molecule has 0 saturated heterocycles. The number of nitrogens with zero attached hydrogens (tertiary/aromatic N) is 3. The average Bonchev–Trinajstić information content (AvgIpc) is 3.18. The van der Waals surface area contributed by atoms with E-state index in [1.54, 1.807) is 42.9 Å². The summed E-state index contributed by atoms with van der Waals surface area (Å²) in [6.07, 6.45) is 4.95. The number of nitrogens with one attached hydrogen (secondary N) is 1. The highest BCUT2D eigenvalue weighted by Crippen LogP contribution is 2.34. The number of H-pyrrole nitrogens is 1. The molecule has 0 spiro atoms. The van der Waals surface area contributed by atoms with Crippen LogP contribution in [0.1, 0.15) is 0 Å². The molecule has 8 heteroatoms. The summed E-state index contributed by atoms with van der Waals surface area (Å²) in [5.41, 5.74) is 13.8. The van der Waals surface area contributed by atoms with Gasteiger partial charge in [-0.25, -0.2) is 9.97 Å². The molecule has 0 radical (unpaired) electrons. The molecular formula is C20H20N6O2. The Bertz CT molecular complexity index is 1060. The normalized spacial score (nSPS) is 10.2. The van der Waals surface area contributed by atoms with Crippen LogP contribution in [0.4, 0.5) is 5.82 Å². The number of rotatable bonds is 3. The summed E-state index contributed by atoms with van der Waals surface area (Å²) in [4.78, 5) is 16.0. The molecule has 0 bridgehead atoms. The Kier molecular flexibility index (Phi) is 5.52. The number of imidazole rings is 1. The summed E-state index contributed by atoms with van der Waals surface area (Å²) in [7, 11) is 1.50. The summed E-state index contributed by atoms with van der Waals surface area (Å²) in [5.74, 6) is 0.775. The Balaban J connectivity index is 0.00000109. The molecular weight excluding hydrogens is 356 g/mol. The van der Waals surface area contributed by atoms with Gasteiger partial charge in [-0.1, -0.05) is 0 Å². The lowest BCUT2D eigenvalue weighted by molar-refractivity contribution is 0.475. The molecule has 4 rings (SSSR count). The van der Waals surface area contributed by atoms with Gasteiger partial charge in [0, 0.05) is 35.3 Å². The number of anilines is 1. The molecule has 28 heavy (non-hydrogen) atoms. The fourth-order valence-electron chi connectivity index (χ4n) is 2.66. The molecule has 0 amide bonds. The number of hydrogen-bond donors (Lipinski definition) is 5. The first-order valence-electron chi connectivity index (χ1n) is 8.44. The van der Waals surface area contributed by atoms with Crippen LogP contribution in [0.5, 0.6) is 11.5 Å². The van der Waals surface area contributed by atoms with E-state index in [1.807, 2.05) is 12.1 Å². The molecule has 0 aliphatic carbocycles. The molecule has 7 N–H and O–H groups in total. The zero-order valence-corrected chi connectivity index (χ0v) is 15.2. The Morgan fingerprint density at radius 2 is 1.57 bits per heavy atom. The van der Waals surface area contributed by atoms with Gasteiger partial charge < -0.3 is 26.7 Å². The first kappa shape index (κ1) is 18.9. The number of nitrogens with two attached hydrogens (primary N) is 2. The Morgan fingerprint density at radius 1 is 0.893 bits per heavy atom. The van der Waals surface area contributed by atoms with Crippen molar-refractivity contribution in [3.63, 3.8) is 0 Å². The van der Waals surface area contributed by atoms with Crippen LogP contribution in [0.2, 0.25) is 0 Å². The molecule has 3 heterocycles. The van der Waals surface area contributed by atoms with E-state index in [4.69, 9.17) is 5.73 Å². The zero-order valence-electron chi connectivity index (χ0n) is 15.2. The van der Waals surface area contributed by atoms with Gasteiger partial charge in [-0.2, -0.15) is 0 Å². The van der Waals surface area contributed by atoms with Crippen LogP contribution in [-0.2, 0) is 0 Å². The van der Waals surface area contributed by atoms with Crippen molar-refractivity contribution in [2.24, 2.45) is 5.73 Å². The monoisotopic (exact) mass is 376 g/mol. The molecule has 0 aliphatic heterocycles. The molecule has 0 fully saturated rings. The predicted octanol–water partition coefficient (Wildman–Crippen LogP) is 2.77. The molecule has 0 atom stereocenters. The third kappa shape index (κ3) is 3.76. The standard InChI is InChI=1S/C19H15N5O2.CH5N/c20-18-15(26)9-13(10-22-18)17-16(11-5-7-21-8-6-11)23-19(24-17)12-1-3-14(25)4-2-12;1-2/h1-10,25-26H,(H2,20,22)(H,23,24);2H2,1H3. The van der Waals surface area contributed by atoms with Crippen LogP contribution in [0.15, 0.2) is 61.1 Å². The van der Waals surface area contributed by atoms with Crippen LogP contribution >= 0.6 is 0 Å². The molecule has 1 aromatic carbocycles. The molecule has 0 aliphatic rings. The number of phenols is 1. The van der Waals surface area contributed by atoms with E-state index in [2.05, 4.69) is 25.7 Å². The highest BCUT2D eigenvalue weighted by molar-refractivity contribution is 5.81. The summed E-state index contributed by atoms with van der Waals surface area (Å²) in [5, 5.41) is 19.4. The number of hydrogen-bond acceptors (Lipinski definition) is 7. The number of benzene rings is 1. The topological polar surface area (TPSA) is 147 Å². The number of aromatic nitrogens is 4. The van der Waals surface area contributed by atoms with Crippen LogP contribution in [0.25, 0.3) is 33.9 Å². The maximum absolute atomic E-state index is 9.91. The van der Waals surface area contributed by atoms with E-state index in [0.717, 1.165) is 16.8 Å². The smallest absolute Gasteiger partial charge is 0.165 e. The van der Waals surface area contributed by atoms with Crippen molar-refractivity contribution >= 4 is 5.82 Å². The second kappa shape index (κ2) is 8.19. The van der Waals surface area contributed by atoms with Crippen LogP contribution in [-0.4, -0.2) is 37.2 Å². The Labute approximate surface area is 161 Å². The average molecular weight is 376 g/mol. The minimum Gasteiger partial charge on any atom is -0.508 e. The van der Waals surface area contributed by atoms with Gasteiger partial charge in [0.2, 0.25) is 0 Å². The lowest BCUT2D eigenvalue weighted by Gasteiger charge is -2.04. The molecule has 8 nitrogen and oxygen atoms in total. The van der Waals surface area contributed by atoms with Gasteiger partial charge in [-0.15, -0.1) is 0 Å². The van der Waals surface area contributed by atoms with Crippen molar-refractivity contribution in [1.29, 1.82) is 0 Å². The number of aromatic hydroxyl groups is 2. The Morgan fingerprint density at radius 3 is 2.21 bits per heavy atom. The quantitative estimate of drug-likeness (QED) is 0.369. The van der Waals surface area contributed by atoms with Crippen molar-refractivity contribution < 1.29 is 10.2 Å². The van der Waals surface area contributed by atoms with Gasteiger partial charge in [0.1, 0.15) is 11.6 Å². The van der Waals surface area contributed by atoms with Crippen molar-refractivity contribution in [3.8, 4) is 45.4 Å². The van der Waals surface area contributed by atoms with E-state index in [0.29, 0.717) is 17.1 Å². The number of pyridine rings is 2. The van der Waals surface area contributed by atoms with Crippen molar-refractivity contribution in [3.05, 3.63) is 61.1 Å². The second-order valence-electron chi connectivity index (χ2n) is 5.72. The summed E-state index contributed by atoms with van der Waals surface area (Å²) < 4.78 is 0. The fraction of sp³-hybridized carbons (Fsp3) is 0.0500. The summed E-state index contributed by atoms with van der Waals surface area (Å²) in [6, 6.07) is 12.0. The van der Waals surface area contributed by atoms with Crippen LogP contribution in [0, 0.1) is 0 Å². The predicted molar refractivity (Wildman–Crippen MR) is 108 cm³/mol. The van der Waals surface area contributed by atoms with Gasteiger partial charge in [0.25, 0.3) is 0 Å². The highest BCUT2D eigenvalue weighted by Gasteiger charge is 2.16. The molecule has 142 valence electrons. The van der Waals surface area contributed by atoms with E-state index in [1.165, 1.54) is 13.1 Å². The number of aromatic amines is 1. The number of nitrogen functional groups attached to an aromatic ring is 1. The van der Waals surface area contributed by atoms with Crippen molar-refractivity contribution in [2.75, 3.05) is 12.8 Å². The van der Waals surface area contributed by atoms with Gasteiger partial charge in [-0.05, 0) is 49.5 Å². The maximum Gasteiger partial charge on any atom is 0.165 e. The maximum atomic E-state index is 9.91. The molecule has 3 aromatic heterocycles. The third-order valence-electron chi connectivity index (χ3n) is 3.98. The molecule has 4 aromatic rings. The Hall–Kier alpha value is -3.91. The SMILES string of the molecule is CN.Nc1ncc(-c2nc(-c3ccc(O)cc3)[nH]c2-c2ccncc2)cc1O. The minimum atomic E-state index is -0.0997. The lowest BCUT2D eigenvalue weighted by Crippen LogP contribution is -1.92. The summed E-state index contributed by atoms with van der Waals surface area (Å²) in [6.45, 7) is 0. The largest absolute Gasteiger partial charge is 0.508 e. The third-order valence-corrected chi connectivity index (χ3v) is 3.98. The van der Waals surface area contributed by atoms with Gasteiger partial charge in [0.05, 0.1) is 11.4 Å². The first-order chi connectivity index (χ1) is 13.6. The lowest BCUT2D eigenvalue weighted by atomic mass is 10.1. The fourth-order valence-corrected chi connectivity index (χ4v) is 2.66. The second-order valence-corrected chi connectivity index (χ2v) is 5.72. The van der Waals surface area contributed by atoms with E-state index in [-0.39, 0.29) is 17.3 Å². The van der Waals surface area contributed by atoms with E-state index >= 15 is 0 Å². The van der Waals surface area contributed by atoms with Gasteiger partial charge >= 0.3 is 0 Å². The van der Waals surface area contributed by atoms with E-state index in [9.17, 15) is 10.2 Å². The van der Waals surface area contributed by atoms with Crippen LogP contribution in [0.3, 0.4) is 0 Å². The number of phenolic OH excluding ortho intramolecular Hbond substituents is 1.